The van der Waals surface area contributed by atoms with Gasteiger partial charge in [-0.05, 0) is 139 Å². The lowest BCUT2D eigenvalue weighted by Gasteiger charge is -2.19. The number of benzene rings is 9. The van der Waals surface area contributed by atoms with Crippen molar-refractivity contribution in [3.63, 3.8) is 0 Å². The van der Waals surface area contributed by atoms with E-state index in [1.54, 1.807) is 0 Å². The number of aryl methyl sites for hydroxylation is 2. The average Bonchev–Trinajstić information content (AvgIpc) is 3.24. The van der Waals surface area contributed by atoms with E-state index in [9.17, 15) is 0 Å². The fourth-order valence-corrected chi connectivity index (χ4v) is 10.9. The van der Waals surface area contributed by atoms with Crippen LogP contribution in [0.25, 0.3) is 43.1 Å². The van der Waals surface area contributed by atoms with E-state index >= 15 is 0 Å². The molecule has 0 unspecified atom stereocenters. The van der Waals surface area contributed by atoms with E-state index in [1.807, 2.05) is 23.5 Å². The first-order valence-corrected chi connectivity index (χ1v) is 21.8. The van der Waals surface area contributed by atoms with Crippen molar-refractivity contribution < 1.29 is 0 Å². The predicted molar refractivity (Wildman–Crippen MR) is 250 cm³/mol. The smallest absolute Gasteiger partial charge is 0.0481 e. The van der Waals surface area contributed by atoms with Gasteiger partial charge in [0.1, 0.15) is 0 Å². The number of nitrogens with one attached hydrogen (secondary N) is 2. The Morgan fingerprint density at radius 1 is 0.368 bits per heavy atom. The van der Waals surface area contributed by atoms with Crippen LogP contribution in [0, 0.1) is 20.8 Å². The standard InChI is InChI=1S/C53H46N2S2/c1-35-28-36(2)49(34-57-53-27-15-13-25-51(53)55-32-47-44-22-10-6-18-40(44)30-41-19-7-11-23-45(41)47)37(3)48(35)33-56-52-26-14-12-24-50(52)54-31-46-42-20-8-4-16-38(42)29-39-17-5-9-21-43(39)46/h4-30,54-55H,31-34H2,1-3H3. The van der Waals surface area contributed by atoms with Gasteiger partial charge in [-0.3, -0.25) is 0 Å². The number of hydrogen-bond acceptors (Lipinski definition) is 4. The van der Waals surface area contributed by atoms with Gasteiger partial charge in [0.2, 0.25) is 0 Å². The molecular formula is C53H46N2S2. The molecule has 57 heavy (non-hydrogen) atoms. The summed E-state index contributed by atoms with van der Waals surface area (Å²) in [5, 5.41) is 18.1. The third-order valence-electron chi connectivity index (χ3n) is 11.5. The van der Waals surface area contributed by atoms with E-state index in [0.29, 0.717) is 0 Å². The summed E-state index contributed by atoms with van der Waals surface area (Å²) in [6, 6.07) is 59.6. The van der Waals surface area contributed by atoms with E-state index in [-0.39, 0.29) is 0 Å². The third-order valence-corrected chi connectivity index (χ3v) is 13.7. The summed E-state index contributed by atoms with van der Waals surface area (Å²) >= 11 is 3.86. The Morgan fingerprint density at radius 2 is 0.702 bits per heavy atom. The molecule has 0 aliphatic rings. The number of fused-ring (bicyclic) bond motifs is 4. The highest BCUT2D eigenvalue weighted by molar-refractivity contribution is 7.99. The first-order valence-electron chi connectivity index (χ1n) is 19.8. The van der Waals surface area contributed by atoms with Crippen LogP contribution in [0.1, 0.15) is 38.9 Å². The molecule has 280 valence electrons. The van der Waals surface area contributed by atoms with E-state index in [4.69, 9.17) is 0 Å². The molecule has 0 aliphatic carbocycles. The quantitative estimate of drug-likeness (QED) is 0.0954. The monoisotopic (exact) mass is 774 g/mol. The summed E-state index contributed by atoms with van der Waals surface area (Å²) in [6.07, 6.45) is 0. The Morgan fingerprint density at radius 3 is 1.09 bits per heavy atom. The maximum Gasteiger partial charge on any atom is 0.0481 e. The van der Waals surface area contributed by atoms with Crippen LogP contribution in [-0.4, -0.2) is 0 Å². The molecule has 0 amide bonds. The Balaban J connectivity index is 0.921. The van der Waals surface area contributed by atoms with Gasteiger partial charge < -0.3 is 10.6 Å². The van der Waals surface area contributed by atoms with Crippen molar-refractivity contribution in [3.05, 3.63) is 203 Å². The van der Waals surface area contributed by atoms with E-state index in [0.717, 1.165) is 24.6 Å². The van der Waals surface area contributed by atoms with Crippen LogP contribution < -0.4 is 10.6 Å². The summed E-state index contributed by atoms with van der Waals surface area (Å²) in [5.41, 5.74) is 12.1. The van der Waals surface area contributed by atoms with Gasteiger partial charge in [0.25, 0.3) is 0 Å². The minimum atomic E-state index is 0.762. The van der Waals surface area contributed by atoms with Gasteiger partial charge in [0.05, 0.1) is 0 Å². The van der Waals surface area contributed by atoms with Crippen LogP contribution >= 0.6 is 23.5 Å². The Hall–Kier alpha value is -5.68. The van der Waals surface area contributed by atoms with Crippen molar-refractivity contribution in [2.24, 2.45) is 0 Å². The fourth-order valence-electron chi connectivity index (χ4n) is 8.46. The average molecular weight is 775 g/mol. The SMILES string of the molecule is Cc1cc(C)c(CSc2ccccc2NCc2c3ccccc3cc3ccccc23)c(C)c1CSc1ccccc1NCc1c2ccccc2cc2ccccc12. The molecule has 2 N–H and O–H groups in total. The molecule has 0 aliphatic heterocycles. The van der Waals surface area contributed by atoms with Gasteiger partial charge in [-0.1, -0.05) is 127 Å². The largest absolute Gasteiger partial charge is 0.380 e. The Labute approximate surface area is 344 Å². The van der Waals surface area contributed by atoms with Crippen molar-refractivity contribution in [2.75, 3.05) is 10.6 Å². The molecule has 9 aromatic carbocycles. The number of anilines is 2. The van der Waals surface area contributed by atoms with E-state index in [1.165, 1.54) is 103 Å². The molecule has 0 aromatic heterocycles. The normalized spacial score (nSPS) is 11.5. The van der Waals surface area contributed by atoms with Crippen molar-refractivity contribution in [3.8, 4) is 0 Å². The minimum absolute atomic E-state index is 0.762. The lowest BCUT2D eigenvalue weighted by atomic mass is 9.95. The Kier molecular flexibility index (Phi) is 10.6. The molecule has 0 saturated heterocycles. The van der Waals surface area contributed by atoms with Crippen molar-refractivity contribution >= 4 is 78.0 Å². The molecule has 9 rings (SSSR count). The molecule has 9 aromatic rings. The van der Waals surface area contributed by atoms with Crippen LogP contribution in [0.2, 0.25) is 0 Å². The summed E-state index contributed by atoms with van der Waals surface area (Å²) in [7, 11) is 0. The second kappa shape index (κ2) is 16.4. The highest BCUT2D eigenvalue weighted by Gasteiger charge is 2.16. The molecule has 2 nitrogen and oxygen atoms in total. The highest BCUT2D eigenvalue weighted by atomic mass is 32.2. The van der Waals surface area contributed by atoms with Crippen molar-refractivity contribution in [1.82, 2.24) is 0 Å². The summed E-state index contributed by atoms with van der Waals surface area (Å²) in [4.78, 5) is 2.55. The van der Waals surface area contributed by atoms with Gasteiger partial charge in [-0.15, -0.1) is 23.5 Å². The second-order valence-electron chi connectivity index (χ2n) is 15.0. The number of rotatable bonds is 12. The molecule has 0 atom stereocenters. The molecule has 0 bridgehead atoms. The zero-order chi connectivity index (χ0) is 38.7. The first-order chi connectivity index (χ1) is 28.0. The summed E-state index contributed by atoms with van der Waals surface area (Å²) < 4.78 is 0. The maximum atomic E-state index is 3.85. The maximum absolute atomic E-state index is 3.85. The number of thioether (sulfide) groups is 2. The van der Waals surface area contributed by atoms with Crippen molar-refractivity contribution in [2.45, 2.75) is 55.2 Å². The third kappa shape index (κ3) is 7.60. The summed E-state index contributed by atoms with van der Waals surface area (Å²) in [5.74, 6) is 1.84. The highest BCUT2D eigenvalue weighted by Crippen LogP contribution is 2.38. The topological polar surface area (TPSA) is 24.1 Å². The van der Waals surface area contributed by atoms with Crippen LogP contribution in [0.4, 0.5) is 11.4 Å². The van der Waals surface area contributed by atoms with Crippen LogP contribution in [-0.2, 0) is 24.6 Å². The molecule has 0 fully saturated rings. The number of para-hydroxylation sites is 2. The zero-order valence-electron chi connectivity index (χ0n) is 32.7. The van der Waals surface area contributed by atoms with Gasteiger partial charge in [-0.25, -0.2) is 0 Å². The molecule has 0 saturated carbocycles. The van der Waals surface area contributed by atoms with Crippen LogP contribution in [0.5, 0.6) is 0 Å². The fraction of sp³-hybridized carbons (Fsp3) is 0.132. The molecule has 0 heterocycles. The molecule has 0 radical (unpaired) electrons. The van der Waals surface area contributed by atoms with Crippen molar-refractivity contribution in [1.29, 1.82) is 0 Å². The molecular weight excluding hydrogens is 729 g/mol. The van der Waals surface area contributed by atoms with Gasteiger partial charge >= 0.3 is 0 Å². The minimum Gasteiger partial charge on any atom is -0.380 e. The lowest BCUT2D eigenvalue weighted by molar-refractivity contribution is 1.14. The lowest BCUT2D eigenvalue weighted by Crippen LogP contribution is -2.04. The second-order valence-corrected chi connectivity index (χ2v) is 17.0. The molecule has 0 spiro atoms. The van der Waals surface area contributed by atoms with Crippen LogP contribution in [0.3, 0.4) is 0 Å². The molecule has 4 heteroatoms. The van der Waals surface area contributed by atoms with Crippen LogP contribution in [0.15, 0.2) is 174 Å². The summed E-state index contributed by atoms with van der Waals surface area (Å²) in [6.45, 7) is 8.41. The first kappa shape index (κ1) is 36.9. The van der Waals surface area contributed by atoms with E-state index < -0.39 is 0 Å². The van der Waals surface area contributed by atoms with Gasteiger partial charge in [-0.2, -0.15) is 0 Å². The number of hydrogen-bond donors (Lipinski definition) is 2. The zero-order valence-corrected chi connectivity index (χ0v) is 34.4. The van der Waals surface area contributed by atoms with E-state index in [2.05, 4.69) is 195 Å². The predicted octanol–water partition coefficient (Wildman–Crippen LogP) is 15.0. The van der Waals surface area contributed by atoms with Gasteiger partial charge in [0.15, 0.2) is 0 Å². The van der Waals surface area contributed by atoms with Gasteiger partial charge in [0, 0.05) is 45.8 Å². The Bertz CT molecular complexity index is 2610.